The zero-order valence-corrected chi connectivity index (χ0v) is 13.0. The van der Waals surface area contributed by atoms with Gasteiger partial charge in [0.25, 0.3) is 0 Å². The summed E-state index contributed by atoms with van der Waals surface area (Å²) in [4.78, 5) is 0. The lowest BCUT2D eigenvalue weighted by Gasteiger charge is -2.57. The molecule has 19 heavy (non-hydrogen) atoms. The van der Waals surface area contributed by atoms with Gasteiger partial charge in [-0.05, 0) is 89.0 Å². The zero-order chi connectivity index (χ0) is 13.5. The SMILES string of the molecule is CNC(COC(C)C)CC12CC3CC(CC(C3)C1)C2. The Morgan fingerprint density at radius 1 is 1.05 bits per heavy atom. The minimum Gasteiger partial charge on any atom is -0.377 e. The van der Waals surface area contributed by atoms with Gasteiger partial charge >= 0.3 is 0 Å². The molecule has 0 aliphatic heterocycles. The van der Waals surface area contributed by atoms with Crippen LogP contribution in [0.15, 0.2) is 0 Å². The molecule has 1 unspecified atom stereocenters. The lowest BCUT2D eigenvalue weighted by atomic mass is 9.48. The van der Waals surface area contributed by atoms with Crippen LogP contribution in [0.3, 0.4) is 0 Å². The Balaban J connectivity index is 1.61. The first-order chi connectivity index (χ1) is 9.08. The fourth-order valence-electron chi connectivity index (χ4n) is 5.62. The highest BCUT2D eigenvalue weighted by Gasteiger charge is 2.51. The summed E-state index contributed by atoms with van der Waals surface area (Å²) in [6.45, 7) is 5.16. The molecule has 0 radical (unpaired) electrons. The maximum Gasteiger partial charge on any atom is 0.0623 e. The molecule has 4 saturated carbocycles. The number of ether oxygens (including phenoxy) is 1. The average molecular weight is 265 g/mol. The topological polar surface area (TPSA) is 21.3 Å². The Kier molecular flexibility index (Phi) is 3.92. The first kappa shape index (κ1) is 13.9. The van der Waals surface area contributed by atoms with Crippen molar-refractivity contribution in [2.75, 3.05) is 13.7 Å². The molecule has 0 amide bonds. The highest BCUT2D eigenvalue weighted by Crippen LogP contribution is 2.61. The van der Waals surface area contributed by atoms with Crippen LogP contribution in [0.5, 0.6) is 0 Å². The molecule has 0 saturated heterocycles. The summed E-state index contributed by atoms with van der Waals surface area (Å²) in [6, 6.07) is 0.554. The van der Waals surface area contributed by atoms with Crippen LogP contribution >= 0.6 is 0 Å². The summed E-state index contributed by atoms with van der Waals surface area (Å²) in [5.41, 5.74) is 0.669. The van der Waals surface area contributed by atoms with Gasteiger partial charge in [0.1, 0.15) is 0 Å². The van der Waals surface area contributed by atoms with Crippen molar-refractivity contribution >= 4 is 0 Å². The van der Waals surface area contributed by atoms with Crippen molar-refractivity contribution in [3.8, 4) is 0 Å². The summed E-state index contributed by atoms with van der Waals surface area (Å²) in [6.07, 6.45) is 10.9. The quantitative estimate of drug-likeness (QED) is 0.792. The molecule has 110 valence electrons. The van der Waals surface area contributed by atoms with Crippen molar-refractivity contribution in [3.63, 3.8) is 0 Å². The van der Waals surface area contributed by atoms with Crippen LogP contribution in [0.4, 0.5) is 0 Å². The van der Waals surface area contributed by atoms with E-state index in [1.807, 2.05) is 0 Å². The van der Waals surface area contributed by atoms with Gasteiger partial charge in [-0.15, -0.1) is 0 Å². The second kappa shape index (κ2) is 5.37. The lowest BCUT2D eigenvalue weighted by Crippen LogP contribution is -2.49. The molecule has 1 atom stereocenters. The highest BCUT2D eigenvalue weighted by molar-refractivity contribution is 5.02. The molecule has 2 nitrogen and oxygen atoms in total. The van der Waals surface area contributed by atoms with Gasteiger partial charge in [0.2, 0.25) is 0 Å². The number of likely N-dealkylation sites (N-methyl/N-ethyl adjacent to an activating group) is 1. The van der Waals surface area contributed by atoms with Crippen LogP contribution in [0.25, 0.3) is 0 Å². The lowest BCUT2D eigenvalue weighted by molar-refractivity contribution is -0.0677. The van der Waals surface area contributed by atoms with E-state index in [9.17, 15) is 0 Å². The Hall–Kier alpha value is -0.0800. The summed E-state index contributed by atoms with van der Waals surface area (Å²) < 4.78 is 5.85. The molecule has 4 aliphatic carbocycles. The zero-order valence-electron chi connectivity index (χ0n) is 13.0. The molecule has 0 aromatic heterocycles. The van der Waals surface area contributed by atoms with Gasteiger partial charge in [0, 0.05) is 6.04 Å². The third kappa shape index (κ3) is 3.00. The highest BCUT2D eigenvalue weighted by atomic mass is 16.5. The van der Waals surface area contributed by atoms with Crippen LogP contribution in [-0.4, -0.2) is 25.8 Å². The second-order valence-electron chi connectivity index (χ2n) is 7.99. The largest absolute Gasteiger partial charge is 0.377 e. The van der Waals surface area contributed by atoms with Crippen molar-refractivity contribution in [2.45, 2.75) is 70.9 Å². The third-order valence-corrected chi connectivity index (χ3v) is 5.88. The minimum atomic E-state index is 0.354. The monoisotopic (exact) mass is 265 g/mol. The van der Waals surface area contributed by atoms with Gasteiger partial charge in [-0.3, -0.25) is 0 Å². The Bertz CT molecular complexity index is 277. The van der Waals surface area contributed by atoms with Gasteiger partial charge in [-0.2, -0.15) is 0 Å². The fourth-order valence-corrected chi connectivity index (χ4v) is 5.62. The minimum absolute atomic E-state index is 0.354. The van der Waals surface area contributed by atoms with E-state index in [-0.39, 0.29) is 0 Å². The predicted molar refractivity (Wildman–Crippen MR) is 79.2 cm³/mol. The van der Waals surface area contributed by atoms with Crippen LogP contribution in [0, 0.1) is 23.2 Å². The molecule has 4 fully saturated rings. The third-order valence-electron chi connectivity index (χ3n) is 5.88. The van der Waals surface area contributed by atoms with E-state index in [0.717, 1.165) is 24.4 Å². The standard InChI is InChI=1S/C17H31NO/c1-12(2)19-11-16(18-3)10-17-7-13-4-14(8-17)6-15(5-13)9-17/h12-16,18H,4-11H2,1-3H3. The van der Waals surface area contributed by atoms with Crippen molar-refractivity contribution < 1.29 is 4.74 Å². The molecule has 0 spiro atoms. The van der Waals surface area contributed by atoms with Crippen molar-refractivity contribution in [2.24, 2.45) is 23.2 Å². The molecular weight excluding hydrogens is 234 g/mol. The molecule has 0 aromatic rings. The number of rotatable bonds is 6. The molecule has 4 aliphatic rings. The van der Waals surface area contributed by atoms with Gasteiger partial charge in [0.05, 0.1) is 12.7 Å². The van der Waals surface area contributed by atoms with E-state index in [4.69, 9.17) is 4.74 Å². The van der Waals surface area contributed by atoms with Crippen molar-refractivity contribution in [1.82, 2.24) is 5.32 Å². The van der Waals surface area contributed by atoms with Crippen molar-refractivity contribution in [3.05, 3.63) is 0 Å². The Labute approximate surface area is 118 Å². The number of nitrogens with one attached hydrogen (secondary N) is 1. The first-order valence-corrected chi connectivity index (χ1v) is 8.37. The number of hydrogen-bond acceptors (Lipinski definition) is 2. The maximum atomic E-state index is 5.85. The van der Waals surface area contributed by atoms with E-state index >= 15 is 0 Å². The molecule has 4 rings (SSSR count). The van der Waals surface area contributed by atoms with Gasteiger partial charge in [0.15, 0.2) is 0 Å². The smallest absolute Gasteiger partial charge is 0.0623 e. The number of hydrogen-bond donors (Lipinski definition) is 1. The van der Waals surface area contributed by atoms with E-state index in [1.54, 1.807) is 19.3 Å². The Morgan fingerprint density at radius 3 is 2.00 bits per heavy atom. The predicted octanol–water partition coefficient (Wildman–Crippen LogP) is 3.61. The Morgan fingerprint density at radius 2 is 1.58 bits per heavy atom. The summed E-state index contributed by atoms with van der Waals surface area (Å²) in [5, 5.41) is 3.51. The van der Waals surface area contributed by atoms with E-state index < -0.39 is 0 Å². The van der Waals surface area contributed by atoms with Crippen LogP contribution in [0.1, 0.15) is 58.8 Å². The van der Waals surface area contributed by atoms with Gasteiger partial charge in [-0.25, -0.2) is 0 Å². The summed E-state index contributed by atoms with van der Waals surface area (Å²) in [5.74, 6) is 3.19. The van der Waals surface area contributed by atoms with Gasteiger partial charge in [-0.1, -0.05) is 0 Å². The summed E-state index contributed by atoms with van der Waals surface area (Å²) in [7, 11) is 2.11. The molecular formula is C17H31NO. The van der Waals surface area contributed by atoms with Gasteiger partial charge < -0.3 is 10.1 Å². The maximum absolute atomic E-state index is 5.85. The molecule has 0 aromatic carbocycles. The van der Waals surface area contributed by atoms with E-state index in [1.165, 1.54) is 25.7 Å². The normalized spacial score (nSPS) is 42.0. The average Bonchev–Trinajstić information content (AvgIpc) is 2.32. The van der Waals surface area contributed by atoms with Crippen LogP contribution in [-0.2, 0) is 4.74 Å². The molecule has 2 heteroatoms. The summed E-state index contributed by atoms with van der Waals surface area (Å²) >= 11 is 0. The molecule has 1 N–H and O–H groups in total. The van der Waals surface area contributed by atoms with Crippen LogP contribution < -0.4 is 5.32 Å². The second-order valence-corrected chi connectivity index (χ2v) is 7.99. The van der Waals surface area contributed by atoms with Crippen LogP contribution in [0.2, 0.25) is 0 Å². The fraction of sp³-hybridized carbons (Fsp3) is 1.00. The van der Waals surface area contributed by atoms with Crippen molar-refractivity contribution in [1.29, 1.82) is 0 Å². The van der Waals surface area contributed by atoms with E-state index in [2.05, 4.69) is 26.2 Å². The first-order valence-electron chi connectivity index (χ1n) is 8.37. The molecule has 0 heterocycles. The molecule has 4 bridgehead atoms. The van der Waals surface area contributed by atoms with E-state index in [0.29, 0.717) is 17.6 Å².